The van der Waals surface area contributed by atoms with Gasteiger partial charge in [-0.3, -0.25) is 10.3 Å². The number of rotatable bonds is 5. The van der Waals surface area contributed by atoms with E-state index in [1.165, 1.54) is 0 Å². The second-order valence-electron chi connectivity index (χ2n) is 3.92. The molecule has 0 aliphatic heterocycles. The van der Waals surface area contributed by atoms with Crippen LogP contribution in [0.2, 0.25) is 0 Å². The summed E-state index contributed by atoms with van der Waals surface area (Å²) in [7, 11) is 0. The van der Waals surface area contributed by atoms with Crippen molar-refractivity contribution in [2.45, 2.75) is 19.0 Å². The highest BCUT2D eigenvalue weighted by molar-refractivity contribution is 5.15. The molecule has 2 heterocycles. The summed E-state index contributed by atoms with van der Waals surface area (Å²) in [6, 6.07) is 7.51. The van der Waals surface area contributed by atoms with E-state index in [9.17, 15) is 5.11 Å². The molecule has 2 unspecified atom stereocenters. The number of furan rings is 1. The molecule has 2 aromatic heterocycles. The molecule has 0 fully saturated rings. The van der Waals surface area contributed by atoms with E-state index in [4.69, 9.17) is 4.42 Å². The average Bonchev–Trinajstić information content (AvgIpc) is 2.90. The van der Waals surface area contributed by atoms with Gasteiger partial charge in [0, 0.05) is 18.4 Å². The molecule has 2 atom stereocenters. The Bertz CT molecular complexity index is 428. The van der Waals surface area contributed by atoms with Crippen molar-refractivity contribution in [1.82, 2.24) is 10.3 Å². The molecule has 2 aromatic rings. The highest BCUT2D eigenvalue weighted by Gasteiger charge is 2.16. The van der Waals surface area contributed by atoms with Crippen molar-refractivity contribution in [1.29, 1.82) is 0 Å². The number of nitrogens with zero attached hydrogens (tertiary/aromatic N) is 1. The van der Waals surface area contributed by atoms with E-state index in [-0.39, 0.29) is 18.7 Å². The zero-order chi connectivity index (χ0) is 12.1. The molecule has 0 saturated carbocycles. The molecule has 90 valence electrons. The van der Waals surface area contributed by atoms with Crippen molar-refractivity contribution in [3.05, 3.63) is 54.2 Å². The summed E-state index contributed by atoms with van der Waals surface area (Å²) in [4.78, 5) is 3.98. The Morgan fingerprint density at radius 2 is 2.12 bits per heavy atom. The van der Waals surface area contributed by atoms with Gasteiger partial charge in [-0.2, -0.15) is 0 Å². The highest BCUT2D eigenvalue weighted by atomic mass is 16.3. The normalized spacial score (nSPS) is 14.5. The van der Waals surface area contributed by atoms with Crippen LogP contribution in [-0.2, 0) is 0 Å². The molecule has 0 bridgehead atoms. The lowest BCUT2D eigenvalue weighted by Gasteiger charge is -2.20. The van der Waals surface area contributed by atoms with Crippen LogP contribution in [0.5, 0.6) is 0 Å². The van der Waals surface area contributed by atoms with Crippen LogP contribution in [0.3, 0.4) is 0 Å². The van der Waals surface area contributed by atoms with Gasteiger partial charge in [-0.15, -0.1) is 0 Å². The lowest BCUT2D eigenvalue weighted by molar-refractivity contribution is 0.217. The largest absolute Gasteiger partial charge is 0.468 e. The Morgan fingerprint density at radius 1 is 1.35 bits per heavy atom. The van der Waals surface area contributed by atoms with Crippen molar-refractivity contribution in [2.75, 3.05) is 6.61 Å². The average molecular weight is 232 g/mol. The summed E-state index contributed by atoms with van der Waals surface area (Å²) >= 11 is 0. The third-order valence-electron chi connectivity index (χ3n) is 2.73. The van der Waals surface area contributed by atoms with E-state index in [1.807, 2.05) is 31.2 Å². The fourth-order valence-electron chi connectivity index (χ4n) is 1.76. The van der Waals surface area contributed by atoms with Crippen LogP contribution in [0, 0.1) is 0 Å². The monoisotopic (exact) mass is 232 g/mol. The minimum absolute atomic E-state index is 0.00291. The van der Waals surface area contributed by atoms with E-state index in [0.29, 0.717) is 0 Å². The zero-order valence-electron chi connectivity index (χ0n) is 9.71. The lowest BCUT2D eigenvalue weighted by atomic mass is 10.1. The van der Waals surface area contributed by atoms with E-state index in [0.717, 1.165) is 11.3 Å². The van der Waals surface area contributed by atoms with Crippen molar-refractivity contribution in [3.8, 4) is 0 Å². The van der Waals surface area contributed by atoms with Crippen LogP contribution in [0.15, 0.2) is 47.3 Å². The number of nitrogens with one attached hydrogen (secondary N) is 1. The van der Waals surface area contributed by atoms with Crippen molar-refractivity contribution in [3.63, 3.8) is 0 Å². The first-order valence-corrected chi connectivity index (χ1v) is 5.61. The second kappa shape index (κ2) is 5.61. The maximum absolute atomic E-state index is 9.36. The molecule has 4 nitrogen and oxygen atoms in total. The van der Waals surface area contributed by atoms with Gasteiger partial charge in [0.2, 0.25) is 0 Å². The molecule has 0 amide bonds. The lowest BCUT2D eigenvalue weighted by Crippen LogP contribution is -2.27. The van der Waals surface area contributed by atoms with Gasteiger partial charge in [0.05, 0.1) is 18.9 Å². The van der Waals surface area contributed by atoms with Gasteiger partial charge in [-0.1, -0.05) is 0 Å². The van der Waals surface area contributed by atoms with Gasteiger partial charge in [0.15, 0.2) is 0 Å². The Kier molecular flexibility index (Phi) is 3.90. The van der Waals surface area contributed by atoms with Crippen LogP contribution in [0.1, 0.15) is 30.3 Å². The minimum Gasteiger partial charge on any atom is -0.468 e. The topological polar surface area (TPSA) is 58.3 Å². The van der Waals surface area contributed by atoms with E-state index >= 15 is 0 Å². The molecule has 4 heteroatoms. The molecule has 0 aliphatic carbocycles. The molecule has 0 radical (unpaired) electrons. The maximum atomic E-state index is 9.36. The standard InChI is InChI=1S/C13H16N2O2/c1-10(11-4-6-14-7-5-11)15-12(9-16)13-3-2-8-17-13/h2-8,10,12,15-16H,9H2,1H3. The van der Waals surface area contributed by atoms with Gasteiger partial charge in [0.25, 0.3) is 0 Å². The van der Waals surface area contributed by atoms with Crippen molar-refractivity contribution < 1.29 is 9.52 Å². The number of aromatic nitrogens is 1. The number of aliphatic hydroxyl groups excluding tert-OH is 1. The fraction of sp³-hybridized carbons (Fsp3) is 0.308. The third-order valence-corrected chi connectivity index (χ3v) is 2.73. The summed E-state index contributed by atoms with van der Waals surface area (Å²) in [5.41, 5.74) is 1.13. The van der Waals surface area contributed by atoms with Crippen LogP contribution < -0.4 is 5.32 Å². The van der Waals surface area contributed by atoms with Crippen molar-refractivity contribution >= 4 is 0 Å². The Labute approximate surface area is 100 Å². The molecule has 0 saturated heterocycles. The van der Waals surface area contributed by atoms with Crippen LogP contribution in [0.4, 0.5) is 0 Å². The predicted molar refractivity (Wildman–Crippen MR) is 64.3 cm³/mol. The maximum Gasteiger partial charge on any atom is 0.123 e. The molecule has 2 rings (SSSR count). The summed E-state index contributed by atoms with van der Waals surface area (Å²) in [6.45, 7) is 2.05. The molecule has 0 aliphatic rings. The minimum atomic E-state index is -0.187. The van der Waals surface area contributed by atoms with Gasteiger partial charge < -0.3 is 9.52 Å². The number of hydrogen-bond donors (Lipinski definition) is 2. The van der Waals surface area contributed by atoms with E-state index in [2.05, 4.69) is 10.3 Å². The molecule has 0 aromatic carbocycles. The smallest absolute Gasteiger partial charge is 0.123 e. The van der Waals surface area contributed by atoms with E-state index < -0.39 is 0 Å². The van der Waals surface area contributed by atoms with Gasteiger partial charge in [0.1, 0.15) is 5.76 Å². The first-order chi connectivity index (χ1) is 8.31. The number of pyridine rings is 1. The number of aliphatic hydroxyl groups is 1. The summed E-state index contributed by atoms with van der Waals surface area (Å²) in [6.07, 6.45) is 5.12. The molecular formula is C13H16N2O2. The first kappa shape index (κ1) is 11.8. The number of hydrogen-bond acceptors (Lipinski definition) is 4. The quantitative estimate of drug-likeness (QED) is 0.828. The van der Waals surface area contributed by atoms with Crippen LogP contribution >= 0.6 is 0 Å². The predicted octanol–water partition coefficient (Wildman–Crippen LogP) is 2.06. The second-order valence-corrected chi connectivity index (χ2v) is 3.92. The zero-order valence-corrected chi connectivity index (χ0v) is 9.71. The van der Waals surface area contributed by atoms with Crippen LogP contribution in [-0.4, -0.2) is 16.7 Å². The summed E-state index contributed by atoms with van der Waals surface area (Å²) in [5, 5.41) is 12.7. The third kappa shape index (κ3) is 2.93. The Morgan fingerprint density at radius 3 is 2.71 bits per heavy atom. The first-order valence-electron chi connectivity index (χ1n) is 5.61. The Hall–Kier alpha value is -1.65. The highest BCUT2D eigenvalue weighted by Crippen LogP contribution is 2.19. The molecule has 0 spiro atoms. The van der Waals surface area contributed by atoms with E-state index in [1.54, 1.807) is 18.7 Å². The Balaban J connectivity index is 2.05. The molecular weight excluding hydrogens is 216 g/mol. The van der Waals surface area contributed by atoms with Gasteiger partial charge in [-0.05, 0) is 36.8 Å². The summed E-state index contributed by atoms with van der Waals surface area (Å²) < 4.78 is 5.29. The van der Waals surface area contributed by atoms with Gasteiger partial charge >= 0.3 is 0 Å². The molecule has 2 N–H and O–H groups in total. The van der Waals surface area contributed by atoms with Crippen molar-refractivity contribution in [2.24, 2.45) is 0 Å². The fourth-order valence-corrected chi connectivity index (χ4v) is 1.76. The van der Waals surface area contributed by atoms with Crippen LogP contribution in [0.25, 0.3) is 0 Å². The summed E-state index contributed by atoms with van der Waals surface area (Å²) in [5.74, 6) is 0.744. The van der Waals surface area contributed by atoms with Gasteiger partial charge in [-0.25, -0.2) is 0 Å². The SMILES string of the molecule is CC(NC(CO)c1ccco1)c1ccncc1. The molecule has 17 heavy (non-hydrogen) atoms.